The van der Waals surface area contributed by atoms with Crippen LogP contribution in [0.4, 0.5) is 0 Å². The molecule has 1 heterocycles. The van der Waals surface area contributed by atoms with Crippen LogP contribution in [0.2, 0.25) is 0 Å². The summed E-state index contributed by atoms with van der Waals surface area (Å²) in [7, 11) is 4.58. The highest BCUT2D eigenvalue weighted by atomic mass is 16.5. The maximum Gasteiger partial charge on any atom is 0.189 e. The van der Waals surface area contributed by atoms with Crippen LogP contribution in [0.1, 0.15) is 10.4 Å². The number of hydrogen-bond acceptors (Lipinski definition) is 4. The number of hydrogen-bond donors (Lipinski definition) is 0. The van der Waals surface area contributed by atoms with Crippen LogP contribution < -0.4 is 14.2 Å². The zero-order valence-electron chi connectivity index (χ0n) is 11.8. The highest BCUT2D eigenvalue weighted by molar-refractivity contribution is 6.01. The molecule has 5 nitrogen and oxygen atoms in total. The quantitative estimate of drug-likeness (QED) is 0.760. The second-order valence-electron chi connectivity index (χ2n) is 4.19. The number of carbonyl (C=O) groups is 1. The predicted octanol–water partition coefficient (Wildman–Crippen LogP) is 2.40. The summed E-state index contributed by atoms with van der Waals surface area (Å²) in [5, 5.41) is 0. The van der Waals surface area contributed by atoms with Crippen LogP contribution in [0.3, 0.4) is 0 Å². The molecule has 2 aromatic rings. The molecule has 0 aliphatic heterocycles. The van der Waals surface area contributed by atoms with Gasteiger partial charge in [0.25, 0.3) is 0 Å². The minimum absolute atomic E-state index is 0.0856. The van der Waals surface area contributed by atoms with Gasteiger partial charge in [0.1, 0.15) is 22.8 Å². The summed E-state index contributed by atoms with van der Waals surface area (Å²) in [6.07, 6.45) is 3.67. The second kappa shape index (κ2) is 6.14. The summed E-state index contributed by atoms with van der Waals surface area (Å²) in [5.41, 5.74) is 0.421. The first-order chi connectivity index (χ1) is 9.69. The first-order valence-electron chi connectivity index (χ1n) is 6.13. The molecule has 1 aromatic heterocycles. The van der Waals surface area contributed by atoms with E-state index >= 15 is 0 Å². The Kier molecular flexibility index (Phi) is 4.30. The third-order valence-electron chi connectivity index (χ3n) is 2.99. The molecule has 0 amide bonds. The zero-order chi connectivity index (χ0) is 14.5. The van der Waals surface area contributed by atoms with Gasteiger partial charge in [0, 0.05) is 24.5 Å². The minimum Gasteiger partial charge on any atom is -0.496 e. The summed E-state index contributed by atoms with van der Waals surface area (Å²) >= 11 is 0. The van der Waals surface area contributed by atoms with Gasteiger partial charge in [-0.3, -0.25) is 4.79 Å². The van der Waals surface area contributed by atoms with E-state index in [-0.39, 0.29) is 12.3 Å². The Hall–Kier alpha value is -2.43. The third kappa shape index (κ3) is 2.77. The lowest BCUT2D eigenvalue weighted by Crippen LogP contribution is -2.12. The van der Waals surface area contributed by atoms with Gasteiger partial charge in [0.2, 0.25) is 0 Å². The van der Waals surface area contributed by atoms with E-state index in [1.807, 2.05) is 24.5 Å². The second-order valence-corrected chi connectivity index (χ2v) is 4.19. The topological polar surface area (TPSA) is 49.7 Å². The molecular formula is C15H17NO4. The Morgan fingerprint density at radius 2 is 1.55 bits per heavy atom. The molecule has 0 bridgehead atoms. The van der Waals surface area contributed by atoms with E-state index < -0.39 is 0 Å². The zero-order valence-corrected chi connectivity index (χ0v) is 11.8. The van der Waals surface area contributed by atoms with E-state index in [0.29, 0.717) is 22.8 Å². The van der Waals surface area contributed by atoms with Crippen LogP contribution in [0.25, 0.3) is 0 Å². The molecule has 0 aliphatic carbocycles. The fourth-order valence-electron chi connectivity index (χ4n) is 2.00. The van der Waals surface area contributed by atoms with Crippen molar-refractivity contribution >= 4 is 5.78 Å². The number of carbonyl (C=O) groups excluding carboxylic acids is 1. The van der Waals surface area contributed by atoms with Gasteiger partial charge < -0.3 is 18.8 Å². The molecule has 20 heavy (non-hydrogen) atoms. The fourth-order valence-corrected chi connectivity index (χ4v) is 2.00. The predicted molar refractivity (Wildman–Crippen MR) is 74.9 cm³/mol. The first-order valence-corrected chi connectivity index (χ1v) is 6.13. The highest BCUT2D eigenvalue weighted by Gasteiger charge is 2.20. The van der Waals surface area contributed by atoms with Crippen LogP contribution in [0.5, 0.6) is 17.2 Å². The smallest absolute Gasteiger partial charge is 0.189 e. The number of benzene rings is 1. The molecule has 0 spiro atoms. The van der Waals surface area contributed by atoms with E-state index in [0.717, 1.165) is 0 Å². The van der Waals surface area contributed by atoms with Crippen molar-refractivity contribution in [2.45, 2.75) is 6.54 Å². The molecule has 0 N–H and O–H groups in total. The Morgan fingerprint density at radius 1 is 1.00 bits per heavy atom. The SMILES string of the molecule is COc1cc(OC)c(C(=O)Cn2cccc2)c(OC)c1. The van der Waals surface area contributed by atoms with Gasteiger partial charge in [0.05, 0.1) is 27.9 Å². The van der Waals surface area contributed by atoms with Crippen molar-refractivity contribution in [2.24, 2.45) is 0 Å². The molecule has 0 radical (unpaired) electrons. The van der Waals surface area contributed by atoms with Gasteiger partial charge in [0.15, 0.2) is 5.78 Å². The number of Topliss-reactive ketones (excluding diaryl/α,β-unsaturated/α-hetero) is 1. The van der Waals surface area contributed by atoms with E-state index in [4.69, 9.17) is 14.2 Å². The standard InChI is InChI=1S/C15H17NO4/c1-18-11-8-13(19-2)15(14(9-11)20-3)12(17)10-16-6-4-5-7-16/h4-9H,10H2,1-3H3. The lowest BCUT2D eigenvalue weighted by Gasteiger charge is -2.14. The summed E-state index contributed by atoms with van der Waals surface area (Å²) in [4.78, 5) is 12.4. The van der Waals surface area contributed by atoms with Gasteiger partial charge in [-0.05, 0) is 12.1 Å². The summed E-state index contributed by atoms with van der Waals surface area (Å²) in [6.45, 7) is 0.228. The van der Waals surface area contributed by atoms with Crippen LogP contribution in [-0.4, -0.2) is 31.7 Å². The first kappa shape index (κ1) is 14.0. The van der Waals surface area contributed by atoms with Crippen molar-refractivity contribution in [1.29, 1.82) is 0 Å². The van der Waals surface area contributed by atoms with Crippen molar-refractivity contribution < 1.29 is 19.0 Å². The maximum absolute atomic E-state index is 12.4. The molecule has 0 saturated carbocycles. The average Bonchev–Trinajstić information content (AvgIpc) is 2.98. The maximum atomic E-state index is 12.4. The average molecular weight is 275 g/mol. The molecule has 2 rings (SSSR count). The molecule has 0 aliphatic rings. The number of ether oxygens (including phenoxy) is 3. The summed E-state index contributed by atoms with van der Waals surface area (Å²) in [6, 6.07) is 7.09. The van der Waals surface area contributed by atoms with E-state index in [9.17, 15) is 4.79 Å². The molecule has 0 unspecified atom stereocenters. The van der Waals surface area contributed by atoms with Crippen molar-refractivity contribution in [2.75, 3.05) is 21.3 Å². The highest BCUT2D eigenvalue weighted by Crippen LogP contribution is 2.34. The number of aromatic nitrogens is 1. The Morgan fingerprint density at radius 3 is 2.00 bits per heavy atom. The monoisotopic (exact) mass is 275 g/mol. The van der Waals surface area contributed by atoms with Gasteiger partial charge in [-0.25, -0.2) is 0 Å². The van der Waals surface area contributed by atoms with Crippen molar-refractivity contribution in [3.8, 4) is 17.2 Å². The summed E-state index contributed by atoms with van der Waals surface area (Å²) < 4.78 is 17.5. The van der Waals surface area contributed by atoms with Crippen molar-refractivity contribution in [3.63, 3.8) is 0 Å². The molecule has 0 atom stereocenters. The third-order valence-corrected chi connectivity index (χ3v) is 2.99. The molecule has 0 fully saturated rings. The number of ketones is 1. The lowest BCUT2D eigenvalue weighted by atomic mass is 10.1. The molecule has 5 heteroatoms. The van der Waals surface area contributed by atoms with Crippen LogP contribution in [-0.2, 0) is 6.54 Å². The van der Waals surface area contributed by atoms with E-state index in [2.05, 4.69) is 0 Å². The molecule has 0 saturated heterocycles. The summed E-state index contributed by atoms with van der Waals surface area (Å²) in [5.74, 6) is 1.38. The molecular weight excluding hydrogens is 258 g/mol. The fraction of sp³-hybridized carbons (Fsp3) is 0.267. The van der Waals surface area contributed by atoms with E-state index in [1.165, 1.54) is 14.2 Å². The van der Waals surface area contributed by atoms with Crippen LogP contribution >= 0.6 is 0 Å². The Labute approximate surface area is 117 Å². The Bertz CT molecular complexity index is 565. The minimum atomic E-state index is -0.0856. The number of rotatable bonds is 6. The van der Waals surface area contributed by atoms with Crippen LogP contribution in [0.15, 0.2) is 36.7 Å². The Balaban J connectivity index is 2.40. The largest absolute Gasteiger partial charge is 0.496 e. The molecule has 1 aromatic carbocycles. The van der Waals surface area contributed by atoms with Crippen molar-refractivity contribution in [3.05, 3.63) is 42.2 Å². The normalized spacial score (nSPS) is 10.2. The van der Waals surface area contributed by atoms with Gasteiger partial charge in [-0.1, -0.05) is 0 Å². The van der Waals surface area contributed by atoms with E-state index in [1.54, 1.807) is 23.8 Å². The van der Waals surface area contributed by atoms with Gasteiger partial charge >= 0.3 is 0 Å². The lowest BCUT2D eigenvalue weighted by molar-refractivity contribution is 0.0966. The van der Waals surface area contributed by atoms with Gasteiger partial charge in [-0.2, -0.15) is 0 Å². The van der Waals surface area contributed by atoms with Crippen LogP contribution in [0, 0.1) is 0 Å². The number of nitrogens with zero attached hydrogens (tertiary/aromatic N) is 1. The van der Waals surface area contributed by atoms with Gasteiger partial charge in [-0.15, -0.1) is 0 Å². The van der Waals surface area contributed by atoms with Crippen molar-refractivity contribution in [1.82, 2.24) is 4.57 Å². The number of methoxy groups -OCH3 is 3. The molecule has 106 valence electrons.